The second kappa shape index (κ2) is 3.97. The molecular weight excluding hydrogens is 316 g/mol. The van der Waals surface area contributed by atoms with Crippen molar-refractivity contribution in [3.63, 3.8) is 0 Å². The van der Waals surface area contributed by atoms with E-state index in [4.69, 9.17) is 16.0 Å². The van der Waals surface area contributed by atoms with E-state index >= 15 is 0 Å². The maximum Gasteiger partial charge on any atom is 0.296 e. The Bertz CT molecular complexity index is 995. The summed E-state index contributed by atoms with van der Waals surface area (Å²) >= 11 is 0. The van der Waals surface area contributed by atoms with Crippen molar-refractivity contribution >= 4 is 31.3 Å². The van der Waals surface area contributed by atoms with Crippen LogP contribution < -0.4 is 11.5 Å². The molecule has 0 radical (unpaired) electrons. The zero-order valence-electron chi connectivity index (χ0n) is 10.4. The molecule has 3 rings (SSSR count). The van der Waals surface area contributed by atoms with Crippen LogP contribution in [0.5, 0.6) is 0 Å². The Kier molecular flexibility index (Phi) is 2.62. The SMILES string of the molecule is Nc1ccc2c(c1)S(=O)(=O)c1cc(N)c(S(=O)(=O)O)cc1-2. The smallest absolute Gasteiger partial charge is 0.296 e. The Morgan fingerprint density at radius 2 is 1.57 bits per heavy atom. The van der Waals surface area contributed by atoms with Gasteiger partial charge < -0.3 is 11.5 Å². The average molecular weight is 326 g/mol. The molecule has 1 heterocycles. The first kappa shape index (κ1) is 13.9. The fourth-order valence-corrected chi connectivity index (χ4v) is 4.69. The second-order valence-corrected chi connectivity index (χ2v) is 7.90. The first-order valence-corrected chi connectivity index (χ1v) is 8.60. The fraction of sp³-hybridized carbons (Fsp3) is 0. The predicted molar refractivity (Wildman–Crippen MR) is 76.0 cm³/mol. The van der Waals surface area contributed by atoms with Gasteiger partial charge in [0.05, 0.1) is 15.5 Å². The standard InChI is InChI=1S/C12H10N2O5S2/c13-6-1-2-7-8-4-12(21(17,18)19)9(14)5-11(8)20(15,16)10(7)3-6/h1-5H,13-14H2,(H,17,18,19). The molecule has 0 spiro atoms. The second-order valence-electron chi connectivity index (χ2n) is 4.62. The van der Waals surface area contributed by atoms with Gasteiger partial charge in [-0.3, -0.25) is 4.55 Å². The number of fused-ring (bicyclic) bond motifs is 3. The minimum Gasteiger partial charge on any atom is -0.399 e. The summed E-state index contributed by atoms with van der Waals surface area (Å²) < 4.78 is 56.6. The van der Waals surface area contributed by atoms with E-state index in [0.29, 0.717) is 5.56 Å². The first-order valence-electron chi connectivity index (χ1n) is 5.68. The summed E-state index contributed by atoms with van der Waals surface area (Å²) in [5, 5.41) is 0. The van der Waals surface area contributed by atoms with Crippen molar-refractivity contribution in [1.82, 2.24) is 0 Å². The molecule has 2 aromatic rings. The van der Waals surface area contributed by atoms with Gasteiger partial charge in [0.15, 0.2) is 0 Å². The van der Waals surface area contributed by atoms with Crippen molar-refractivity contribution in [1.29, 1.82) is 0 Å². The highest BCUT2D eigenvalue weighted by atomic mass is 32.2. The highest BCUT2D eigenvalue weighted by Gasteiger charge is 2.35. The molecule has 0 atom stereocenters. The number of anilines is 2. The monoisotopic (exact) mass is 326 g/mol. The summed E-state index contributed by atoms with van der Waals surface area (Å²) in [5.41, 5.74) is 11.6. The third kappa shape index (κ3) is 1.89. The Morgan fingerprint density at radius 1 is 0.952 bits per heavy atom. The van der Waals surface area contributed by atoms with Crippen LogP contribution in [0.25, 0.3) is 11.1 Å². The molecule has 2 aromatic carbocycles. The lowest BCUT2D eigenvalue weighted by Gasteiger charge is -2.06. The third-order valence-electron chi connectivity index (χ3n) is 3.26. The quantitative estimate of drug-likeness (QED) is 0.446. The summed E-state index contributed by atoms with van der Waals surface area (Å²) in [6.07, 6.45) is 0. The third-order valence-corrected chi connectivity index (χ3v) is 6.01. The van der Waals surface area contributed by atoms with Crippen LogP contribution in [0.3, 0.4) is 0 Å². The zero-order chi connectivity index (χ0) is 15.6. The molecule has 1 aliphatic rings. The van der Waals surface area contributed by atoms with Gasteiger partial charge in [-0.15, -0.1) is 0 Å². The lowest BCUT2D eigenvalue weighted by Crippen LogP contribution is -2.05. The number of rotatable bonds is 1. The van der Waals surface area contributed by atoms with Gasteiger partial charge in [-0.05, 0) is 24.3 Å². The molecule has 0 aliphatic carbocycles. The van der Waals surface area contributed by atoms with Crippen LogP contribution in [0.4, 0.5) is 11.4 Å². The molecule has 0 saturated carbocycles. The van der Waals surface area contributed by atoms with E-state index in [1.165, 1.54) is 18.2 Å². The van der Waals surface area contributed by atoms with Crippen molar-refractivity contribution < 1.29 is 21.4 Å². The number of sulfone groups is 1. The highest BCUT2D eigenvalue weighted by molar-refractivity contribution is 7.92. The van der Waals surface area contributed by atoms with Crippen LogP contribution in [0.2, 0.25) is 0 Å². The van der Waals surface area contributed by atoms with Gasteiger partial charge in [-0.2, -0.15) is 8.42 Å². The van der Waals surface area contributed by atoms with Gasteiger partial charge in [0.25, 0.3) is 10.1 Å². The van der Waals surface area contributed by atoms with Gasteiger partial charge in [0.2, 0.25) is 9.84 Å². The number of nitrogens with two attached hydrogens (primary N) is 2. The molecule has 1 aliphatic heterocycles. The summed E-state index contributed by atoms with van der Waals surface area (Å²) in [7, 11) is -8.36. The van der Waals surface area contributed by atoms with Crippen molar-refractivity contribution in [2.45, 2.75) is 14.7 Å². The highest BCUT2D eigenvalue weighted by Crippen LogP contribution is 2.45. The molecule has 0 amide bonds. The van der Waals surface area contributed by atoms with Crippen LogP contribution in [0.1, 0.15) is 0 Å². The normalized spacial score (nSPS) is 15.5. The molecule has 110 valence electrons. The minimum atomic E-state index is -4.55. The number of benzene rings is 2. The van der Waals surface area contributed by atoms with Crippen molar-refractivity contribution in [2.75, 3.05) is 11.5 Å². The van der Waals surface area contributed by atoms with Crippen LogP contribution in [0, 0.1) is 0 Å². The molecule has 7 nitrogen and oxygen atoms in total. The van der Waals surface area contributed by atoms with Crippen molar-refractivity contribution in [3.05, 3.63) is 30.3 Å². The van der Waals surface area contributed by atoms with Crippen LogP contribution in [0.15, 0.2) is 45.0 Å². The average Bonchev–Trinajstić information content (AvgIpc) is 2.56. The summed E-state index contributed by atoms with van der Waals surface area (Å²) in [5.74, 6) is 0. The molecule has 0 bridgehead atoms. The molecule has 0 fully saturated rings. The fourth-order valence-electron chi connectivity index (χ4n) is 2.33. The van der Waals surface area contributed by atoms with Gasteiger partial charge in [-0.25, -0.2) is 8.42 Å². The van der Waals surface area contributed by atoms with Crippen LogP contribution >= 0.6 is 0 Å². The van der Waals surface area contributed by atoms with E-state index in [9.17, 15) is 16.8 Å². The lowest BCUT2D eigenvalue weighted by molar-refractivity contribution is 0.483. The Hall–Kier alpha value is -2.10. The van der Waals surface area contributed by atoms with Gasteiger partial charge in [-0.1, -0.05) is 6.07 Å². The number of nitrogen functional groups attached to an aromatic ring is 2. The molecule has 0 saturated heterocycles. The van der Waals surface area contributed by atoms with Crippen LogP contribution in [-0.2, 0) is 20.0 Å². The van der Waals surface area contributed by atoms with Gasteiger partial charge in [0, 0.05) is 16.8 Å². The van der Waals surface area contributed by atoms with E-state index < -0.39 is 24.9 Å². The lowest BCUT2D eigenvalue weighted by atomic mass is 10.1. The van der Waals surface area contributed by atoms with Gasteiger partial charge in [0.1, 0.15) is 4.90 Å². The van der Waals surface area contributed by atoms with Gasteiger partial charge >= 0.3 is 0 Å². The Balaban J connectivity index is 2.46. The molecule has 21 heavy (non-hydrogen) atoms. The van der Waals surface area contributed by atoms with E-state index in [0.717, 1.165) is 12.1 Å². The molecule has 0 aromatic heterocycles. The molecule has 0 unspecified atom stereocenters. The zero-order valence-corrected chi connectivity index (χ0v) is 12.1. The summed E-state index contributed by atoms with van der Waals surface area (Å²) in [6, 6.07) is 6.38. The Labute approximate surface area is 120 Å². The topological polar surface area (TPSA) is 141 Å². The number of hydrogen-bond acceptors (Lipinski definition) is 6. The van der Waals surface area contributed by atoms with E-state index in [2.05, 4.69) is 0 Å². The predicted octanol–water partition coefficient (Wildman–Crippen LogP) is 0.911. The maximum atomic E-state index is 12.4. The largest absolute Gasteiger partial charge is 0.399 e. The summed E-state index contributed by atoms with van der Waals surface area (Å²) in [4.78, 5) is -0.640. The molecule has 9 heteroatoms. The summed E-state index contributed by atoms with van der Waals surface area (Å²) in [6.45, 7) is 0. The van der Waals surface area contributed by atoms with Crippen LogP contribution in [-0.4, -0.2) is 21.4 Å². The van der Waals surface area contributed by atoms with Crippen molar-refractivity contribution in [3.8, 4) is 11.1 Å². The minimum absolute atomic E-state index is 0.00983. The maximum absolute atomic E-state index is 12.4. The Morgan fingerprint density at radius 3 is 2.19 bits per heavy atom. The van der Waals surface area contributed by atoms with E-state index in [1.807, 2.05) is 0 Å². The first-order chi connectivity index (χ1) is 9.62. The van der Waals surface area contributed by atoms with E-state index in [-0.39, 0.29) is 26.7 Å². The molecular formula is C12H10N2O5S2. The molecule has 5 N–H and O–H groups in total. The van der Waals surface area contributed by atoms with E-state index in [1.54, 1.807) is 0 Å². The van der Waals surface area contributed by atoms with Crippen molar-refractivity contribution in [2.24, 2.45) is 0 Å². The number of hydrogen-bond donors (Lipinski definition) is 3.